The van der Waals surface area contributed by atoms with Crippen LogP contribution in [0.25, 0.3) is 11.3 Å². The lowest BCUT2D eigenvalue weighted by molar-refractivity contribution is 0.209. The summed E-state index contributed by atoms with van der Waals surface area (Å²) in [4.78, 5) is 4.35. The lowest BCUT2D eigenvalue weighted by Crippen LogP contribution is -2.08. The molecule has 124 valence electrons. The second kappa shape index (κ2) is 9.13. The minimum absolute atomic E-state index is 0.0467. The van der Waals surface area contributed by atoms with Gasteiger partial charge in [0.15, 0.2) is 0 Å². The molecule has 1 unspecified atom stereocenters. The number of nitrogens with zero attached hydrogens (tertiary/aromatic N) is 1. The van der Waals surface area contributed by atoms with Crippen molar-refractivity contribution in [1.29, 1.82) is 0 Å². The normalized spacial score (nSPS) is 12.0. The number of rotatable bonds is 9. The molecule has 0 bridgehead atoms. The van der Waals surface area contributed by atoms with Gasteiger partial charge in [0.1, 0.15) is 24.3 Å². The maximum atomic E-state index is 12.7. The number of pyridine rings is 1. The maximum Gasteiger partial charge on any atom is 0.137 e. The summed E-state index contributed by atoms with van der Waals surface area (Å²) in [6, 6.07) is 11.6. The van der Waals surface area contributed by atoms with Crippen molar-refractivity contribution in [2.45, 2.75) is 39.3 Å². The van der Waals surface area contributed by atoms with Crippen LogP contribution < -0.4 is 9.47 Å². The molecule has 0 aliphatic heterocycles. The summed E-state index contributed by atoms with van der Waals surface area (Å²) in [5.41, 5.74) is 1.86. The van der Waals surface area contributed by atoms with Crippen LogP contribution in [0.3, 0.4) is 0 Å². The summed E-state index contributed by atoms with van der Waals surface area (Å²) in [6.07, 6.45) is 4.10. The zero-order valence-electron chi connectivity index (χ0n) is 13.8. The average molecular weight is 317 g/mol. The first-order valence-corrected chi connectivity index (χ1v) is 8.15. The molecular weight excluding hydrogens is 293 g/mol. The molecule has 2 aromatic rings. The van der Waals surface area contributed by atoms with E-state index in [1.807, 2.05) is 30.3 Å². The molecule has 1 aromatic heterocycles. The predicted molar refractivity (Wildman–Crippen MR) is 90.8 cm³/mol. The summed E-state index contributed by atoms with van der Waals surface area (Å²) >= 11 is 0. The van der Waals surface area contributed by atoms with E-state index < -0.39 is 6.17 Å². The smallest absolute Gasteiger partial charge is 0.137 e. The summed E-state index contributed by atoms with van der Waals surface area (Å²) in [7, 11) is 0. The van der Waals surface area contributed by atoms with Crippen LogP contribution in [0, 0.1) is 0 Å². The van der Waals surface area contributed by atoms with Gasteiger partial charge in [-0.25, -0.2) is 4.39 Å². The van der Waals surface area contributed by atoms with E-state index in [9.17, 15) is 4.39 Å². The molecule has 4 heteroatoms. The van der Waals surface area contributed by atoms with Gasteiger partial charge in [0.25, 0.3) is 0 Å². The quantitative estimate of drug-likeness (QED) is 0.606. The maximum absolute atomic E-state index is 12.7. The topological polar surface area (TPSA) is 31.4 Å². The predicted octanol–water partition coefficient (Wildman–Crippen LogP) is 5.05. The zero-order chi connectivity index (χ0) is 16.5. The number of benzene rings is 1. The van der Waals surface area contributed by atoms with Gasteiger partial charge in [-0.1, -0.05) is 19.8 Å². The van der Waals surface area contributed by atoms with Gasteiger partial charge in [0.05, 0.1) is 18.5 Å². The SMILES string of the molecule is CCCCCOc1ccc(-c2ccc(OCC(C)F)cn2)cc1. The van der Waals surface area contributed by atoms with E-state index >= 15 is 0 Å². The van der Waals surface area contributed by atoms with E-state index in [1.54, 1.807) is 12.3 Å². The fourth-order valence-electron chi connectivity index (χ4n) is 2.11. The first kappa shape index (κ1) is 17.3. The number of aromatic nitrogens is 1. The Hall–Kier alpha value is -2.10. The molecule has 0 fully saturated rings. The van der Waals surface area contributed by atoms with E-state index in [1.165, 1.54) is 19.8 Å². The second-order valence-electron chi connectivity index (χ2n) is 5.55. The molecular formula is C19H24FNO2. The van der Waals surface area contributed by atoms with E-state index in [4.69, 9.17) is 9.47 Å². The van der Waals surface area contributed by atoms with Crippen molar-refractivity contribution in [2.24, 2.45) is 0 Å². The number of alkyl halides is 1. The Morgan fingerprint density at radius 2 is 1.74 bits per heavy atom. The molecule has 1 aromatic carbocycles. The van der Waals surface area contributed by atoms with Gasteiger partial charge in [-0.05, 0) is 49.7 Å². The Labute approximate surface area is 137 Å². The molecule has 0 radical (unpaired) electrons. The zero-order valence-corrected chi connectivity index (χ0v) is 13.8. The van der Waals surface area contributed by atoms with Crippen molar-refractivity contribution in [2.75, 3.05) is 13.2 Å². The Morgan fingerprint density at radius 3 is 2.35 bits per heavy atom. The number of hydrogen-bond donors (Lipinski definition) is 0. The highest BCUT2D eigenvalue weighted by Gasteiger charge is 2.03. The number of unbranched alkanes of at least 4 members (excludes halogenated alkanes) is 2. The van der Waals surface area contributed by atoms with Crippen LogP contribution in [0.2, 0.25) is 0 Å². The van der Waals surface area contributed by atoms with Gasteiger partial charge in [-0.2, -0.15) is 0 Å². The Balaban J connectivity index is 1.91. The third kappa shape index (κ3) is 5.89. The summed E-state index contributed by atoms with van der Waals surface area (Å²) in [6.45, 7) is 4.44. The molecule has 0 saturated heterocycles. The molecule has 0 saturated carbocycles. The molecule has 0 spiro atoms. The van der Waals surface area contributed by atoms with Crippen LogP contribution in [0.15, 0.2) is 42.6 Å². The summed E-state index contributed by atoms with van der Waals surface area (Å²) < 4.78 is 23.7. The Morgan fingerprint density at radius 1 is 1.00 bits per heavy atom. The van der Waals surface area contributed by atoms with Crippen LogP contribution in [-0.4, -0.2) is 24.4 Å². The molecule has 3 nitrogen and oxygen atoms in total. The molecule has 0 aliphatic carbocycles. The van der Waals surface area contributed by atoms with Crippen molar-refractivity contribution in [3.8, 4) is 22.8 Å². The van der Waals surface area contributed by atoms with Gasteiger partial charge >= 0.3 is 0 Å². The minimum Gasteiger partial charge on any atom is -0.494 e. The van der Waals surface area contributed by atoms with Crippen LogP contribution in [0.1, 0.15) is 33.1 Å². The van der Waals surface area contributed by atoms with Crippen molar-refractivity contribution >= 4 is 0 Å². The largest absolute Gasteiger partial charge is 0.494 e. The highest BCUT2D eigenvalue weighted by Crippen LogP contribution is 2.22. The highest BCUT2D eigenvalue weighted by atomic mass is 19.1. The molecule has 0 N–H and O–H groups in total. The molecule has 0 aliphatic rings. The molecule has 1 heterocycles. The molecule has 1 atom stereocenters. The van der Waals surface area contributed by atoms with Crippen LogP contribution in [0.5, 0.6) is 11.5 Å². The Kier molecular flexibility index (Phi) is 6.85. The van der Waals surface area contributed by atoms with Gasteiger partial charge in [0, 0.05) is 5.56 Å². The average Bonchev–Trinajstić information content (AvgIpc) is 2.58. The summed E-state index contributed by atoms with van der Waals surface area (Å²) in [5, 5.41) is 0. The van der Waals surface area contributed by atoms with Crippen molar-refractivity contribution in [3.05, 3.63) is 42.6 Å². The van der Waals surface area contributed by atoms with Crippen LogP contribution in [-0.2, 0) is 0 Å². The van der Waals surface area contributed by atoms with Crippen molar-refractivity contribution in [1.82, 2.24) is 4.98 Å². The highest BCUT2D eigenvalue weighted by molar-refractivity contribution is 5.60. The van der Waals surface area contributed by atoms with E-state index in [2.05, 4.69) is 11.9 Å². The van der Waals surface area contributed by atoms with E-state index in [-0.39, 0.29) is 6.61 Å². The van der Waals surface area contributed by atoms with E-state index in [0.717, 1.165) is 30.0 Å². The minimum atomic E-state index is -0.987. The first-order valence-electron chi connectivity index (χ1n) is 8.15. The van der Waals surface area contributed by atoms with Crippen LogP contribution >= 0.6 is 0 Å². The lowest BCUT2D eigenvalue weighted by Gasteiger charge is -2.08. The Bertz CT molecular complexity index is 567. The van der Waals surface area contributed by atoms with Crippen molar-refractivity contribution in [3.63, 3.8) is 0 Å². The monoisotopic (exact) mass is 317 g/mol. The number of hydrogen-bond acceptors (Lipinski definition) is 3. The fourth-order valence-corrected chi connectivity index (χ4v) is 2.11. The number of halogens is 1. The van der Waals surface area contributed by atoms with Crippen LogP contribution in [0.4, 0.5) is 4.39 Å². The van der Waals surface area contributed by atoms with Gasteiger partial charge in [-0.3, -0.25) is 4.98 Å². The van der Waals surface area contributed by atoms with Gasteiger partial charge in [0.2, 0.25) is 0 Å². The second-order valence-corrected chi connectivity index (χ2v) is 5.55. The lowest BCUT2D eigenvalue weighted by atomic mass is 10.1. The fraction of sp³-hybridized carbons (Fsp3) is 0.421. The van der Waals surface area contributed by atoms with E-state index in [0.29, 0.717) is 5.75 Å². The van der Waals surface area contributed by atoms with Crippen molar-refractivity contribution < 1.29 is 13.9 Å². The molecule has 23 heavy (non-hydrogen) atoms. The first-order chi connectivity index (χ1) is 11.2. The third-order valence-electron chi connectivity index (χ3n) is 3.38. The van der Waals surface area contributed by atoms with Gasteiger partial charge < -0.3 is 9.47 Å². The third-order valence-corrected chi connectivity index (χ3v) is 3.38. The van der Waals surface area contributed by atoms with Gasteiger partial charge in [-0.15, -0.1) is 0 Å². The standard InChI is InChI=1S/C19H24FNO2/c1-3-4-5-12-22-17-8-6-16(7-9-17)19-11-10-18(13-21-19)23-14-15(2)20/h6-11,13,15H,3-5,12,14H2,1-2H3. The summed E-state index contributed by atoms with van der Waals surface area (Å²) in [5.74, 6) is 1.45. The molecule has 0 amide bonds. The molecule has 2 rings (SSSR count). The number of ether oxygens (including phenoxy) is 2.